The summed E-state index contributed by atoms with van der Waals surface area (Å²) < 4.78 is 13.9. The number of halogens is 1. The first kappa shape index (κ1) is 32.7. The maximum absolute atomic E-state index is 13.9. The third kappa shape index (κ3) is 12.4. The lowest BCUT2D eigenvalue weighted by atomic mass is 10.1. The number of rotatable bonds is 13. The molecule has 0 fully saturated rings. The molecule has 0 radical (unpaired) electrons. The summed E-state index contributed by atoms with van der Waals surface area (Å²) in [4.78, 5) is 19.9. The minimum Gasteiger partial charge on any atom is -0.357 e. The van der Waals surface area contributed by atoms with Gasteiger partial charge in [0.1, 0.15) is 11.7 Å². The summed E-state index contributed by atoms with van der Waals surface area (Å²) in [5.41, 5.74) is 2.84. The first-order valence-electron chi connectivity index (χ1n) is 12.8. The van der Waals surface area contributed by atoms with Gasteiger partial charge >= 0.3 is 0 Å². The van der Waals surface area contributed by atoms with Gasteiger partial charge in [-0.25, -0.2) is 14.4 Å². The van der Waals surface area contributed by atoms with E-state index < -0.39 is 5.83 Å². The van der Waals surface area contributed by atoms with E-state index in [1.54, 1.807) is 24.5 Å². The number of nitrogens with one attached hydrogen (secondary N) is 1. The van der Waals surface area contributed by atoms with Gasteiger partial charge in [-0.15, -0.1) is 0 Å². The number of hydrogen-bond donors (Lipinski definition) is 1. The molecule has 0 spiro atoms. The molecular weight excluding hydrogens is 451 g/mol. The molecule has 7 heteroatoms. The molecule has 0 saturated carbocycles. The first-order chi connectivity index (χ1) is 17.4. The van der Waals surface area contributed by atoms with Crippen molar-refractivity contribution >= 4 is 23.1 Å². The van der Waals surface area contributed by atoms with Crippen molar-refractivity contribution < 1.29 is 4.39 Å². The quantitative estimate of drug-likeness (QED) is 0.172. The molecule has 1 aromatic rings. The van der Waals surface area contributed by atoms with Crippen LogP contribution in [0, 0.1) is 0 Å². The predicted molar refractivity (Wildman–Crippen MR) is 156 cm³/mol. The molecule has 0 aromatic carbocycles. The highest BCUT2D eigenvalue weighted by Crippen LogP contribution is 2.18. The Morgan fingerprint density at radius 1 is 1.11 bits per heavy atom. The van der Waals surface area contributed by atoms with Gasteiger partial charge in [-0.3, -0.25) is 9.98 Å². The van der Waals surface area contributed by atoms with Crippen LogP contribution in [0.1, 0.15) is 73.3 Å². The Morgan fingerprint density at radius 3 is 2.22 bits per heavy atom. The molecule has 6 nitrogen and oxygen atoms in total. The first-order valence-corrected chi connectivity index (χ1v) is 12.8. The zero-order valence-electron chi connectivity index (χ0n) is 23.5. The van der Waals surface area contributed by atoms with Crippen LogP contribution in [0.2, 0.25) is 0 Å². The van der Waals surface area contributed by atoms with Crippen LogP contribution >= 0.6 is 0 Å². The molecule has 1 aromatic heterocycles. The lowest BCUT2D eigenvalue weighted by Crippen LogP contribution is -2.31. The molecule has 0 aliphatic carbocycles. The van der Waals surface area contributed by atoms with Crippen molar-refractivity contribution in [3.8, 4) is 0 Å². The van der Waals surface area contributed by atoms with E-state index in [9.17, 15) is 4.39 Å². The summed E-state index contributed by atoms with van der Waals surface area (Å²) in [7, 11) is 1.82. The average Bonchev–Trinajstić information content (AvgIpc) is 2.90. The average molecular weight is 497 g/mol. The topological polar surface area (TPSA) is 65.8 Å². The highest BCUT2D eigenvalue weighted by atomic mass is 19.1. The fourth-order valence-electron chi connectivity index (χ4n) is 3.02. The number of nitrogens with zero attached hydrogens (tertiary/aromatic N) is 5. The summed E-state index contributed by atoms with van der Waals surface area (Å²) in [5.74, 6) is 0.778. The molecule has 36 heavy (non-hydrogen) atoms. The van der Waals surface area contributed by atoms with E-state index >= 15 is 0 Å². The maximum atomic E-state index is 13.9. The van der Waals surface area contributed by atoms with Crippen LogP contribution in [-0.2, 0) is 0 Å². The lowest BCUT2D eigenvalue weighted by molar-refractivity contribution is 0.418. The summed E-state index contributed by atoms with van der Waals surface area (Å²) in [6, 6.07) is 0. The van der Waals surface area contributed by atoms with Gasteiger partial charge in [0.25, 0.3) is 0 Å². The van der Waals surface area contributed by atoms with E-state index in [0.717, 1.165) is 55.0 Å². The molecular formula is C29H45FN6. The molecule has 1 N–H and O–H groups in total. The Balaban J connectivity index is 0.00000596. The number of amidine groups is 1. The van der Waals surface area contributed by atoms with E-state index in [1.807, 2.05) is 53.1 Å². The standard InChI is InChI=1S/C27H39FN6.C2H6/c1-8-12-13-25(28)22(6)33-27-31-19-24(20-32-27)23(11-4)18-30-21(5)14-15-26(29-7)34(16-9-2)17-10-3;1-2/h8,12-15,18-20H,6,9-11,16-17H2,1-5,7H3,(H,31,32,33);1-2H3/b12-8-,15-14-,23-18+,25-13+,29-26?,30-21-;. The van der Waals surface area contributed by atoms with Gasteiger partial charge in [-0.2, -0.15) is 0 Å². The van der Waals surface area contributed by atoms with E-state index in [2.05, 4.69) is 57.5 Å². The van der Waals surface area contributed by atoms with E-state index in [-0.39, 0.29) is 11.6 Å². The number of aliphatic imine (C=N–C) groups is 2. The Bertz CT molecular complexity index is 946. The smallest absolute Gasteiger partial charge is 0.227 e. The van der Waals surface area contributed by atoms with Gasteiger partial charge in [0.2, 0.25) is 5.95 Å². The second-order valence-corrected chi connectivity index (χ2v) is 7.62. The van der Waals surface area contributed by atoms with Crippen molar-refractivity contribution in [2.45, 2.75) is 67.7 Å². The second-order valence-electron chi connectivity index (χ2n) is 7.62. The van der Waals surface area contributed by atoms with Crippen molar-refractivity contribution in [2.24, 2.45) is 9.98 Å². The summed E-state index contributed by atoms with van der Waals surface area (Å²) in [5, 5.41) is 2.78. The van der Waals surface area contributed by atoms with Crippen molar-refractivity contribution in [3.05, 3.63) is 72.6 Å². The van der Waals surface area contributed by atoms with Crippen molar-refractivity contribution in [3.63, 3.8) is 0 Å². The molecule has 0 aliphatic heterocycles. The van der Waals surface area contributed by atoms with Crippen LogP contribution in [0.3, 0.4) is 0 Å². The zero-order valence-corrected chi connectivity index (χ0v) is 23.5. The van der Waals surface area contributed by atoms with Crippen LogP contribution in [0.15, 0.2) is 77.1 Å². The highest BCUT2D eigenvalue weighted by Gasteiger charge is 2.07. The van der Waals surface area contributed by atoms with Gasteiger partial charge in [0.05, 0.1) is 5.70 Å². The fraction of sp³-hybridized carbons (Fsp3) is 0.448. The third-order valence-corrected chi connectivity index (χ3v) is 4.83. The molecule has 0 amide bonds. The molecule has 0 bridgehead atoms. The van der Waals surface area contributed by atoms with E-state index in [0.29, 0.717) is 0 Å². The fourth-order valence-corrected chi connectivity index (χ4v) is 3.02. The van der Waals surface area contributed by atoms with Crippen LogP contribution in [0.25, 0.3) is 5.57 Å². The molecule has 0 saturated heterocycles. The van der Waals surface area contributed by atoms with Crippen LogP contribution in [0.5, 0.6) is 0 Å². The number of anilines is 1. The molecule has 1 rings (SSSR count). The number of aromatic nitrogens is 2. The largest absolute Gasteiger partial charge is 0.357 e. The normalized spacial score (nSPS) is 13.1. The molecule has 198 valence electrons. The Morgan fingerprint density at radius 2 is 1.72 bits per heavy atom. The highest BCUT2D eigenvalue weighted by molar-refractivity contribution is 6.02. The molecule has 0 unspecified atom stereocenters. The van der Waals surface area contributed by atoms with Crippen molar-refractivity contribution in [1.29, 1.82) is 0 Å². The van der Waals surface area contributed by atoms with Crippen LogP contribution < -0.4 is 5.32 Å². The van der Waals surface area contributed by atoms with Gasteiger partial charge in [-0.1, -0.05) is 53.3 Å². The number of hydrogen-bond acceptors (Lipinski definition) is 5. The second kappa shape index (κ2) is 19.9. The van der Waals surface area contributed by atoms with Gasteiger partial charge in [0, 0.05) is 50.0 Å². The minimum atomic E-state index is -0.471. The third-order valence-electron chi connectivity index (χ3n) is 4.83. The summed E-state index contributed by atoms with van der Waals surface area (Å²) in [6.07, 6.45) is 16.8. The SMILES string of the molecule is C=C(Nc1ncc(/C(=C/N=C(C)\C=C/C(=NC)N(CCC)CCC)CC)cn1)/C(F)=C\C=C/C.CC. The maximum Gasteiger partial charge on any atom is 0.227 e. The molecule has 1 heterocycles. The monoisotopic (exact) mass is 496 g/mol. The lowest BCUT2D eigenvalue weighted by Gasteiger charge is -2.23. The zero-order chi connectivity index (χ0) is 27.3. The van der Waals surface area contributed by atoms with Crippen molar-refractivity contribution in [1.82, 2.24) is 14.9 Å². The van der Waals surface area contributed by atoms with E-state index in [4.69, 9.17) is 0 Å². The molecule has 0 aliphatic rings. The Labute approximate surface area is 218 Å². The summed E-state index contributed by atoms with van der Waals surface area (Å²) in [6.45, 7) is 19.8. The Hall–Kier alpha value is -3.35. The van der Waals surface area contributed by atoms with Gasteiger partial charge in [0.15, 0.2) is 0 Å². The van der Waals surface area contributed by atoms with Gasteiger partial charge < -0.3 is 10.2 Å². The van der Waals surface area contributed by atoms with E-state index in [1.165, 1.54) is 6.08 Å². The predicted octanol–water partition coefficient (Wildman–Crippen LogP) is 7.78. The molecule has 0 atom stereocenters. The van der Waals surface area contributed by atoms with Gasteiger partial charge in [-0.05, 0) is 56.9 Å². The van der Waals surface area contributed by atoms with Crippen LogP contribution in [0.4, 0.5) is 10.3 Å². The number of allylic oxidation sites excluding steroid dienone is 6. The Kier molecular flexibility index (Phi) is 18.1. The summed E-state index contributed by atoms with van der Waals surface area (Å²) >= 11 is 0. The minimum absolute atomic E-state index is 0.107. The van der Waals surface area contributed by atoms with Crippen LogP contribution in [-0.4, -0.2) is 46.6 Å². The van der Waals surface area contributed by atoms with Crippen molar-refractivity contribution in [2.75, 3.05) is 25.5 Å².